The van der Waals surface area contributed by atoms with Gasteiger partial charge in [-0.15, -0.1) is 23.2 Å². The first-order valence-electron chi connectivity index (χ1n) is 5.51. The zero-order valence-electron chi connectivity index (χ0n) is 9.97. The Morgan fingerprint density at radius 3 is 2.53 bits per heavy atom. The van der Waals surface area contributed by atoms with E-state index in [1.165, 1.54) is 0 Å². The molecule has 1 atom stereocenters. The lowest BCUT2D eigenvalue weighted by Gasteiger charge is -2.15. The van der Waals surface area contributed by atoms with Crippen LogP contribution in [0.3, 0.4) is 0 Å². The fraction of sp³-hybridized carbons (Fsp3) is 0.333. The third kappa shape index (κ3) is 3.05. The lowest BCUT2D eigenvalue weighted by atomic mass is 10.1. The largest absolute Gasteiger partial charge is 0.331 e. The molecule has 1 saturated carbocycles. The molecule has 0 radical (unpaired) electrons. The summed E-state index contributed by atoms with van der Waals surface area (Å²) in [6.45, 7) is 1.71. The number of amides is 1. The molecule has 7 heteroatoms. The number of hydrogen-bond donors (Lipinski definition) is 2. The molecule has 0 bridgehead atoms. The number of carbonyl (C=O) groups is 1. The van der Waals surface area contributed by atoms with Gasteiger partial charge in [-0.2, -0.15) is 0 Å². The zero-order chi connectivity index (χ0) is 14.3. The lowest BCUT2D eigenvalue weighted by Crippen LogP contribution is -2.40. The maximum Gasteiger partial charge on any atom is 0.235 e. The van der Waals surface area contributed by atoms with Gasteiger partial charge in [-0.25, -0.2) is 0 Å². The molecule has 2 rings (SSSR count). The number of rotatable bonds is 2. The van der Waals surface area contributed by atoms with E-state index < -0.39 is 9.75 Å². The number of thiocarbonyl (C=S) groups is 1. The second-order valence-electron chi connectivity index (χ2n) is 4.60. The second kappa shape index (κ2) is 5.20. The van der Waals surface area contributed by atoms with Gasteiger partial charge in [0.2, 0.25) is 5.91 Å². The summed E-state index contributed by atoms with van der Waals surface area (Å²) >= 11 is 20.4. The normalized spacial score (nSPS) is 23.6. The number of halogens is 3. The van der Waals surface area contributed by atoms with Crippen molar-refractivity contribution in [1.82, 2.24) is 5.32 Å². The van der Waals surface area contributed by atoms with E-state index in [1.54, 1.807) is 6.92 Å². The SMILES string of the molecule is C[C@@]1(C(=O)NC(=S)Nc2ccccc2Br)CC1(Cl)Cl. The molecule has 1 amide bonds. The molecule has 3 nitrogen and oxygen atoms in total. The van der Waals surface area contributed by atoms with Gasteiger partial charge in [0.15, 0.2) is 5.11 Å². The molecular weight excluding hydrogens is 371 g/mol. The minimum Gasteiger partial charge on any atom is -0.331 e. The number of carbonyl (C=O) groups excluding carboxylic acids is 1. The van der Waals surface area contributed by atoms with Crippen LogP contribution in [-0.4, -0.2) is 15.4 Å². The molecule has 0 spiro atoms. The third-order valence-electron chi connectivity index (χ3n) is 3.11. The quantitative estimate of drug-likeness (QED) is 0.603. The molecule has 19 heavy (non-hydrogen) atoms. The Bertz CT molecular complexity index is 552. The Hall–Kier alpha value is -0.360. The molecule has 2 N–H and O–H groups in total. The van der Waals surface area contributed by atoms with Gasteiger partial charge >= 0.3 is 0 Å². The minimum atomic E-state index is -1.000. The van der Waals surface area contributed by atoms with Crippen LogP contribution < -0.4 is 10.6 Å². The maximum atomic E-state index is 12.0. The van der Waals surface area contributed by atoms with Gasteiger partial charge in [0.25, 0.3) is 0 Å². The van der Waals surface area contributed by atoms with E-state index >= 15 is 0 Å². The number of anilines is 1. The van der Waals surface area contributed by atoms with Gasteiger partial charge < -0.3 is 10.6 Å². The Balaban J connectivity index is 1.96. The lowest BCUT2D eigenvalue weighted by molar-refractivity contribution is -0.124. The van der Waals surface area contributed by atoms with Crippen LogP contribution in [0.15, 0.2) is 28.7 Å². The van der Waals surface area contributed by atoms with E-state index in [0.717, 1.165) is 10.2 Å². The van der Waals surface area contributed by atoms with Crippen molar-refractivity contribution in [2.75, 3.05) is 5.32 Å². The van der Waals surface area contributed by atoms with E-state index in [-0.39, 0.29) is 11.0 Å². The first kappa shape index (κ1) is 15.0. The zero-order valence-corrected chi connectivity index (χ0v) is 13.9. The van der Waals surface area contributed by atoms with Crippen molar-refractivity contribution in [2.24, 2.45) is 5.41 Å². The fourth-order valence-electron chi connectivity index (χ4n) is 1.60. The van der Waals surface area contributed by atoms with Crippen molar-refractivity contribution in [3.8, 4) is 0 Å². The van der Waals surface area contributed by atoms with E-state index in [4.69, 9.17) is 35.4 Å². The smallest absolute Gasteiger partial charge is 0.235 e. The summed E-state index contributed by atoms with van der Waals surface area (Å²) in [5.74, 6) is -0.276. The molecule has 0 unspecified atom stereocenters. The van der Waals surface area contributed by atoms with Crippen molar-refractivity contribution in [1.29, 1.82) is 0 Å². The number of alkyl halides is 2. The highest BCUT2D eigenvalue weighted by Gasteiger charge is 2.68. The van der Waals surface area contributed by atoms with E-state index in [1.807, 2.05) is 24.3 Å². The van der Waals surface area contributed by atoms with Crippen LogP contribution in [0.25, 0.3) is 0 Å². The van der Waals surface area contributed by atoms with Crippen molar-refractivity contribution >= 4 is 68.1 Å². The van der Waals surface area contributed by atoms with Gasteiger partial charge in [-0.1, -0.05) is 12.1 Å². The fourth-order valence-corrected chi connectivity index (χ4v) is 2.90. The Morgan fingerprint density at radius 1 is 1.42 bits per heavy atom. The predicted molar refractivity (Wildman–Crippen MR) is 85.7 cm³/mol. The standard InChI is InChI=1S/C12H11BrCl2N2OS/c1-11(6-12(11,14)15)9(18)17-10(19)16-8-5-3-2-4-7(8)13/h2-5H,6H2,1H3,(H2,16,17,18,19)/t11-/m0/s1. The number of hydrogen-bond acceptors (Lipinski definition) is 2. The van der Waals surface area contributed by atoms with Crippen molar-refractivity contribution < 1.29 is 4.79 Å². The van der Waals surface area contributed by atoms with Crippen LogP contribution in [0.5, 0.6) is 0 Å². The van der Waals surface area contributed by atoms with Crippen LogP contribution in [0.4, 0.5) is 5.69 Å². The summed E-state index contributed by atoms with van der Waals surface area (Å²) in [4.78, 5) is 12.0. The highest BCUT2D eigenvalue weighted by Crippen LogP contribution is 2.63. The van der Waals surface area contributed by atoms with Gasteiger partial charge in [0.1, 0.15) is 4.33 Å². The summed E-state index contributed by atoms with van der Waals surface area (Å²) in [6.07, 6.45) is 0.423. The summed E-state index contributed by atoms with van der Waals surface area (Å²) in [5.41, 5.74) is -0.00720. The average Bonchev–Trinajstić information content (AvgIpc) is 2.83. The molecular formula is C12H11BrCl2N2OS. The minimum absolute atomic E-state index is 0.217. The van der Waals surface area contributed by atoms with Gasteiger partial charge in [-0.05, 0) is 53.6 Å². The first-order chi connectivity index (χ1) is 8.76. The van der Waals surface area contributed by atoms with Crippen molar-refractivity contribution in [3.63, 3.8) is 0 Å². The summed E-state index contributed by atoms with van der Waals surface area (Å²) < 4.78 is -0.145. The van der Waals surface area contributed by atoms with Crippen LogP contribution >= 0.6 is 51.3 Å². The van der Waals surface area contributed by atoms with Gasteiger partial charge in [0, 0.05) is 4.47 Å². The van der Waals surface area contributed by atoms with Crippen molar-refractivity contribution in [2.45, 2.75) is 17.7 Å². The summed E-state index contributed by atoms with van der Waals surface area (Å²) in [7, 11) is 0. The molecule has 1 aliphatic rings. The molecule has 0 aliphatic heterocycles. The molecule has 0 aromatic heterocycles. The summed E-state index contributed by atoms with van der Waals surface area (Å²) in [6, 6.07) is 7.46. The molecule has 1 aromatic rings. The highest BCUT2D eigenvalue weighted by atomic mass is 79.9. The Kier molecular flexibility index (Phi) is 4.12. The predicted octanol–water partition coefficient (Wildman–Crippen LogP) is 3.85. The first-order valence-corrected chi connectivity index (χ1v) is 7.47. The number of benzene rings is 1. The molecule has 1 aliphatic carbocycles. The maximum absolute atomic E-state index is 12.0. The summed E-state index contributed by atoms with van der Waals surface area (Å²) in [5, 5.41) is 5.76. The Morgan fingerprint density at radius 2 is 2.00 bits per heavy atom. The second-order valence-corrected chi connectivity index (χ2v) is 7.35. The van der Waals surface area contributed by atoms with Gasteiger partial charge in [0.05, 0.1) is 11.1 Å². The third-order valence-corrected chi connectivity index (χ3v) is 5.11. The highest BCUT2D eigenvalue weighted by molar-refractivity contribution is 9.10. The molecule has 1 fully saturated rings. The monoisotopic (exact) mass is 380 g/mol. The van der Waals surface area contributed by atoms with Gasteiger partial charge in [-0.3, -0.25) is 4.79 Å². The number of para-hydroxylation sites is 1. The topological polar surface area (TPSA) is 41.1 Å². The van der Waals surface area contributed by atoms with E-state index in [9.17, 15) is 4.79 Å². The molecule has 0 heterocycles. The van der Waals surface area contributed by atoms with E-state index in [0.29, 0.717) is 6.42 Å². The van der Waals surface area contributed by atoms with Crippen LogP contribution in [0.2, 0.25) is 0 Å². The Labute approximate surface area is 135 Å². The number of nitrogens with one attached hydrogen (secondary N) is 2. The molecule has 0 saturated heterocycles. The van der Waals surface area contributed by atoms with Crippen LogP contribution in [-0.2, 0) is 4.79 Å². The molecule has 1 aromatic carbocycles. The average molecular weight is 382 g/mol. The van der Waals surface area contributed by atoms with Crippen LogP contribution in [0.1, 0.15) is 13.3 Å². The van der Waals surface area contributed by atoms with E-state index in [2.05, 4.69) is 26.6 Å². The molecule has 102 valence electrons. The van der Waals surface area contributed by atoms with Crippen LogP contribution in [0, 0.1) is 5.41 Å². The van der Waals surface area contributed by atoms with Crippen molar-refractivity contribution in [3.05, 3.63) is 28.7 Å².